The molecule has 1 aliphatic heterocycles. The number of nitrogens with one attached hydrogen (secondary N) is 2. The van der Waals surface area contributed by atoms with Gasteiger partial charge in [-0.05, 0) is 53.0 Å². The Hall–Kier alpha value is -0.810. The second-order valence-corrected chi connectivity index (χ2v) is 6.25. The van der Waals surface area contributed by atoms with E-state index in [9.17, 15) is 4.79 Å². The van der Waals surface area contributed by atoms with E-state index >= 15 is 0 Å². The maximum Gasteiger partial charge on any atom is 0.407 e. The van der Waals surface area contributed by atoms with Crippen molar-refractivity contribution in [2.45, 2.75) is 52.2 Å². The molecule has 0 aromatic carbocycles. The number of amides is 1. The molecule has 0 aromatic rings. The lowest BCUT2D eigenvalue weighted by atomic mass is 10.0. The predicted octanol–water partition coefficient (Wildman–Crippen LogP) is 1.92. The van der Waals surface area contributed by atoms with E-state index < -0.39 is 5.60 Å². The Labute approximate surface area is 116 Å². The Morgan fingerprint density at radius 2 is 2.00 bits per heavy atom. The Morgan fingerprint density at radius 1 is 1.37 bits per heavy atom. The number of alkyl carbamates (subject to hydrolysis) is 1. The molecule has 19 heavy (non-hydrogen) atoms. The quantitative estimate of drug-likeness (QED) is 0.802. The monoisotopic (exact) mass is 272 g/mol. The first-order valence-corrected chi connectivity index (χ1v) is 7.15. The zero-order valence-electron chi connectivity index (χ0n) is 12.6. The van der Waals surface area contributed by atoms with Gasteiger partial charge in [-0.25, -0.2) is 4.79 Å². The van der Waals surface area contributed by atoms with E-state index in [1.165, 1.54) is 0 Å². The molecule has 1 unspecified atom stereocenters. The SMILES string of the molecule is CC(CNC(=O)OC(C)(C)C)NCC1CCOCC1. The lowest BCUT2D eigenvalue weighted by molar-refractivity contribution is 0.0520. The first-order valence-electron chi connectivity index (χ1n) is 7.15. The number of carbonyl (C=O) groups excluding carboxylic acids is 1. The highest BCUT2D eigenvalue weighted by Crippen LogP contribution is 2.13. The van der Waals surface area contributed by atoms with Crippen LogP contribution in [0.15, 0.2) is 0 Å². The zero-order valence-corrected chi connectivity index (χ0v) is 12.6. The van der Waals surface area contributed by atoms with Crippen LogP contribution in [-0.4, -0.2) is 44.0 Å². The van der Waals surface area contributed by atoms with Gasteiger partial charge in [0.05, 0.1) is 0 Å². The van der Waals surface area contributed by atoms with E-state index in [0.717, 1.165) is 32.6 Å². The number of hydrogen-bond donors (Lipinski definition) is 2. The van der Waals surface area contributed by atoms with Crippen LogP contribution >= 0.6 is 0 Å². The van der Waals surface area contributed by atoms with E-state index in [1.807, 2.05) is 20.8 Å². The van der Waals surface area contributed by atoms with Crippen LogP contribution < -0.4 is 10.6 Å². The highest BCUT2D eigenvalue weighted by molar-refractivity contribution is 5.67. The molecule has 1 atom stereocenters. The molecule has 1 aliphatic rings. The minimum Gasteiger partial charge on any atom is -0.444 e. The lowest BCUT2D eigenvalue weighted by Crippen LogP contribution is -2.43. The van der Waals surface area contributed by atoms with Crippen molar-refractivity contribution in [2.24, 2.45) is 5.92 Å². The number of carbonyl (C=O) groups is 1. The van der Waals surface area contributed by atoms with Crippen LogP contribution in [0, 0.1) is 5.92 Å². The molecule has 1 amide bonds. The molecule has 0 saturated carbocycles. The van der Waals surface area contributed by atoms with Crippen LogP contribution in [0.3, 0.4) is 0 Å². The third-order valence-corrected chi connectivity index (χ3v) is 3.05. The average molecular weight is 272 g/mol. The Bertz CT molecular complexity index is 270. The summed E-state index contributed by atoms with van der Waals surface area (Å²) in [6, 6.07) is 0.246. The Kier molecular flexibility index (Phi) is 6.58. The Balaban J connectivity index is 2.10. The van der Waals surface area contributed by atoms with Crippen molar-refractivity contribution >= 4 is 6.09 Å². The maximum atomic E-state index is 11.5. The molecule has 0 radical (unpaired) electrons. The van der Waals surface area contributed by atoms with Crippen LogP contribution in [0.5, 0.6) is 0 Å². The highest BCUT2D eigenvalue weighted by Gasteiger charge is 2.17. The van der Waals surface area contributed by atoms with E-state index in [2.05, 4.69) is 17.6 Å². The van der Waals surface area contributed by atoms with Gasteiger partial charge in [0.2, 0.25) is 0 Å². The van der Waals surface area contributed by atoms with Crippen molar-refractivity contribution < 1.29 is 14.3 Å². The minimum atomic E-state index is -0.442. The molecule has 5 nitrogen and oxygen atoms in total. The fourth-order valence-corrected chi connectivity index (χ4v) is 1.94. The molecular formula is C14H28N2O3. The van der Waals surface area contributed by atoms with Crippen molar-refractivity contribution in [1.29, 1.82) is 0 Å². The van der Waals surface area contributed by atoms with Crippen LogP contribution in [0.1, 0.15) is 40.5 Å². The van der Waals surface area contributed by atoms with Crippen LogP contribution in [-0.2, 0) is 9.47 Å². The molecule has 0 bridgehead atoms. The summed E-state index contributed by atoms with van der Waals surface area (Å²) >= 11 is 0. The smallest absolute Gasteiger partial charge is 0.407 e. The van der Waals surface area contributed by atoms with Crippen molar-refractivity contribution in [3.05, 3.63) is 0 Å². The summed E-state index contributed by atoms with van der Waals surface area (Å²) in [5, 5.41) is 6.22. The lowest BCUT2D eigenvalue weighted by Gasteiger charge is -2.25. The Morgan fingerprint density at radius 3 is 2.58 bits per heavy atom. The summed E-state index contributed by atoms with van der Waals surface area (Å²) in [4.78, 5) is 11.5. The zero-order chi connectivity index (χ0) is 14.3. The summed E-state index contributed by atoms with van der Waals surface area (Å²) < 4.78 is 10.5. The third kappa shape index (κ3) is 8.06. The summed E-state index contributed by atoms with van der Waals surface area (Å²) in [6.45, 7) is 11.0. The van der Waals surface area contributed by atoms with Crippen LogP contribution in [0.2, 0.25) is 0 Å². The van der Waals surface area contributed by atoms with Crippen LogP contribution in [0.4, 0.5) is 4.79 Å². The van der Waals surface area contributed by atoms with Crippen molar-refractivity contribution in [2.75, 3.05) is 26.3 Å². The van der Waals surface area contributed by atoms with Gasteiger partial charge in [-0.2, -0.15) is 0 Å². The summed E-state index contributed by atoms with van der Waals surface area (Å²) in [5.41, 5.74) is -0.442. The van der Waals surface area contributed by atoms with Gasteiger partial charge in [0.25, 0.3) is 0 Å². The van der Waals surface area contributed by atoms with Gasteiger partial charge < -0.3 is 20.1 Å². The van der Waals surface area contributed by atoms with Gasteiger partial charge in [0, 0.05) is 25.8 Å². The van der Waals surface area contributed by atoms with E-state index in [1.54, 1.807) is 0 Å². The fraction of sp³-hybridized carbons (Fsp3) is 0.929. The molecule has 2 N–H and O–H groups in total. The van der Waals surface area contributed by atoms with E-state index in [4.69, 9.17) is 9.47 Å². The first-order chi connectivity index (χ1) is 8.87. The standard InChI is InChI=1S/C14H28N2O3/c1-11(9-16-13(17)19-14(2,3)4)15-10-12-5-7-18-8-6-12/h11-12,15H,5-10H2,1-4H3,(H,16,17). The molecular weight excluding hydrogens is 244 g/mol. The second-order valence-electron chi connectivity index (χ2n) is 6.25. The highest BCUT2D eigenvalue weighted by atomic mass is 16.6. The molecule has 0 aromatic heterocycles. The van der Waals surface area contributed by atoms with Crippen LogP contribution in [0.25, 0.3) is 0 Å². The summed E-state index contributed by atoms with van der Waals surface area (Å²) in [6.07, 6.45) is 1.89. The fourth-order valence-electron chi connectivity index (χ4n) is 1.94. The molecule has 1 rings (SSSR count). The number of rotatable bonds is 5. The normalized spacial score (nSPS) is 18.9. The molecule has 5 heteroatoms. The van der Waals surface area contributed by atoms with Crippen molar-refractivity contribution in [1.82, 2.24) is 10.6 Å². The summed E-state index contributed by atoms with van der Waals surface area (Å²) in [7, 11) is 0. The minimum absolute atomic E-state index is 0.246. The molecule has 0 spiro atoms. The molecule has 1 saturated heterocycles. The topological polar surface area (TPSA) is 59.6 Å². The predicted molar refractivity (Wildman–Crippen MR) is 75.2 cm³/mol. The third-order valence-electron chi connectivity index (χ3n) is 3.05. The van der Waals surface area contributed by atoms with Gasteiger partial charge in [-0.3, -0.25) is 0 Å². The molecule has 1 heterocycles. The van der Waals surface area contributed by atoms with Gasteiger partial charge >= 0.3 is 6.09 Å². The molecule has 112 valence electrons. The molecule has 1 fully saturated rings. The van der Waals surface area contributed by atoms with Crippen molar-refractivity contribution in [3.8, 4) is 0 Å². The average Bonchev–Trinajstić information content (AvgIpc) is 2.33. The van der Waals surface area contributed by atoms with E-state index in [-0.39, 0.29) is 12.1 Å². The van der Waals surface area contributed by atoms with Gasteiger partial charge in [-0.1, -0.05) is 0 Å². The molecule has 0 aliphatic carbocycles. The van der Waals surface area contributed by atoms with E-state index in [0.29, 0.717) is 12.5 Å². The van der Waals surface area contributed by atoms with Gasteiger partial charge in [0.1, 0.15) is 5.60 Å². The first kappa shape index (κ1) is 16.2. The maximum absolute atomic E-state index is 11.5. The number of ether oxygens (including phenoxy) is 2. The van der Waals surface area contributed by atoms with Gasteiger partial charge in [-0.15, -0.1) is 0 Å². The van der Waals surface area contributed by atoms with Gasteiger partial charge in [0.15, 0.2) is 0 Å². The van der Waals surface area contributed by atoms with Crippen molar-refractivity contribution in [3.63, 3.8) is 0 Å². The second kappa shape index (κ2) is 7.70. The number of hydrogen-bond acceptors (Lipinski definition) is 4. The summed E-state index contributed by atoms with van der Waals surface area (Å²) in [5.74, 6) is 0.692. The largest absolute Gasteiger partial charge is 0.444 e.